The lowest BCUT2D eigenvalue weighted by Crippen LogP contribution is -2.26. The first-order chi connectivity index (χ1) is 34.7. The van der Waals surface area contributed by atoms with Crippen molar-refractivity contribution < 1.29 is 14.7 Å². The fraction of sp³-hybridized carbons (Fsp3) is 0.277. The number of benzene rings is 7. The molecule has 0 unspecified atom stereocenters. The molecule has 6 nitrogen and oxygen atoms in total. The number of carboxylic acid groups (broad SMARTS) is 1. The van der Waals surface area contributed by atoms with Crippen LogP contribution in [0.5, 0.6) is 0 Å². The summed E-state index contributed by atoms with van der Waals surface area (Å²) < 4.78 is 0. The minimum Gasteiger partial charge on any atom is -0.476 e. The predicted octanol–water partition coefficient (Wildman–Crippen LogP) is 17.0. The molecule has 6 heteroatoms. The van der Waals surface area contributed by atoms with Crippen LogP contribution in [-0.4, -0.2) is 22.7 Å². The van der Waals surface area contributed by atoms with Gasteiger partial charge in [-0.2, -0.15) is 10.1 Å². The van der Waals surface area contributed by atoms with Gasteiger partial charge in [0.15, 0.2) is 5.71 Å². The van der Waals surface area contributed by atoms with Gasteiger partial charge < -0.3 is 10.0 Å². The van der Waals surface area contributed by atoms with Crippen molar-refractivity contribution in [3.05, 3.63) is 197 Å². The highest BCUT2D eigenvalue weighted by Crippen LogP contribution is 2.58. The third-order valence-corrected chi connectivity index (χ3v) is 15.6. The third-order valence-electron chi connectivity index (χ3n) is 15.6. The standard InChI is InChI=1S/C65H65N3O3/c1-5-9-38-64(39-10-6-2)57-24-18-16-22-52(57)54-36-34-50(43-59(54)64)67(51-35-37-55-53-23-17-19-25-58(53)65(40-11-7-3,41-12-8-4)60(55)44-51)48-32-30-47(31-33-48)46-28-26-45(27-29-46)42-56-61(63(70)71)66-68(62(56)69)49-20-14-13-15-21-49/h13-37,42-44H,5-12,38-41H2,1-4H3,(H,70,71)/b56-42-. The Balaban J connectivity index is 1.06. The van der Waals surface area contributed by atoms with Gasteiger partial charge in [0, 0.05) is 27.9 Å². The lowest BCUT2D eigenvalue weighted by atomic mass is 9.70. The molecule has 0 bridgehead atoms. The monoisotopic (exact) mass is 936 g/mol. The summed E-state index contributed by atoms with van der Waals surface area (Å²) in [5.41, 5.74) is 17.8. The molecule has 1 aliphatic heterocycles. The molecule has 1 heterocycles. The molecule has 7 aromatic rings. The fourth-order valence-electron chi connectivity index (χ4n) is 12.0. The van der Waals surface area contributed by atoms with Gasteiger partial charge in [-0.1, -0.05) is 194 Å². The Morgan fingerprint density at radius 2 is 0.944 bits per heavy atom. The molecule has 0 aromatic heterocycles. The van der Waals surface area contributed by atoms with Gasteiger partial charge in [0.25, 0.3) is 5.91 Å². The highest BCUT2D eigenvalue weighted by molar-refractivity contribution is 6.53. The SMILES string of the molecule is CCCCC1(CCCC)c2ccccc2-c2ccc(N(c3ccc(-c4ccc(/C=C5\C(=O)N(c6ccccc6)N=C5C(=O)O)cc4)cc3)c3ccc4c(c3)C(CCCC)(CCCC)c3ccccc3-4)cc21. The lowest BCUT2D eigenvalue weighted by Gasteiger charge is -2.35. The Hall–Kier alpha value is -7.31. The number of carbonyl (C=O) groups is 2. The van der Waals surface area contributed by atoms with Crippen LogP contribution in [0.4, 0.5) is 22.7 Å². The van der Waals surface area contributed by atoms with E-state index < -0.39 is 11.9 Å². The molecule has 0 fully saturated rings. The molecule has 2 aliphatic carbocycles. The second-order valence-corrected chi connectivity index (χ2v) is 19.9. The molecule has 71 heavy (non-hydrogen) atoms. The number of hydrogen-bond acceptors (Lipinski definition) is 4. The van der Waals surface area contributed by atoms with Crippen LogP contribution in [-0.2, 0) is 20.4 Å². The molecule has 3 aliphatic rings. The maximum Gasteiger partial charge on any atom is 0.357 e. The van der Waals surface area contributed by atoms with Gasteiger partial charge in [0.2, 0.25) is 0 Å². The number of amides is 1. The number of fused-ring (bicyclic) bond motifs is 6. The summed E-state index contributed by atoms with van der Waals surface area (Å²) in [5.74, 6) is -1.72. The van der Waals surface area contributed by atoms with E-state index >= 15 is 0 Å². The van der Waals surface area contributed by atoms with E-state index in [0.29, 0.717) is 11.3 Å². The molecule has 0 saturated carbocycles. The van der Waals surface area contributed by atoms with Crippen LogP contribution >= 0.6 is 0 Å². The highest BCUT2D eigenvalue weighted by atomic mass is 16.4. The minimum absolute atomic E-state index is 0.0466. The number of anilines is 4. The zero-order valence-corrected chi connectivity index (χ0v) is 41.8. The van der Waals surface area contributed by atoms with Crippen molar-refractivity contribution in [1.82, 2.24) is 0 Å². The van der Waals surface area contributed by atoms with E-state index in [1.54, 1.807) is 30.3 Å². The number of rotatable bonds is 19. The first-order valence-electron chi connectivity index (χ1n) is 26.2. The van der Waals surface area contributed by atoms with Crippen LogP contribution in [0, 0.1) is 0 Å². The van der Waals surface area contributed by atoms with Gasteiger partial charge in [-0.15, -0.1) is 0 Å². The Bertz CT molecular complexity index is 3010. The van der Waals surface area contributed by atoms with Crippen LogP contribution < -0.4 is 9.91 Å². The van der Waals surface area contributed by atoms with E-state index in [4.69, 9.17) is 0 Å². The molecule has 10 rings (SSSR count). The van der Waals surface area contributed by atoms with Crippen molar-refractivity contribution in [3.63, 3.8) is 0 Å². The fourth-order valence-corrected chi connectivity index (χ4v) is 12.0. The molecule has 0 saturated heterocycles. The van der Waals surface area contributed by atoms with E-state index in [2.05, 4.69) is 147 Å². The average Bonchev–Trinajstić information content (AvgIpc) is 3.99. The smallest absolute Gasteiger partial charge is 0.357 e. The summed E-state index contributed by atoms with van der Waals surface area (Å²) >= 11 is 0. The molecular formula is C65H65N3O3. The number of carboxylic acids is 1. The number of aliphatic carboxylic acids is 1. The van der Waals surface area contributed by atoms with E-state index in [-0.39, 0.29) is 22.1 Å². The summed E-state index contributed by atoms with van der Waals surface area (Å²) in [7, 11) is 0. The Morgan fingerprint density at radius 3 is 1.41 bits per heavy atom. The normalized spacial score (nSPS) is 15.3. The quantitative estimate of drug-likeness (QED) is 0.0820. The Morgan fingerprint density at radius 1 is 0.521 bits per heavy atom. The summed E-state index contributed by atoms with van der Waals surface area (Å²) in [6, 6.07) is 58.7. The number of para-hydroxylation sites is 1. The number of hydrogen-bond donors (Lipinski definition) is 1. The summed E-state index contributed by atoms with van der Waals surface area (Å²) in [5, 5.41) is 15.4. The Labute approximate surface area is 420 Å². The maximum absolute atomic E-state index is 13.5. The second-order valence-electron chi connectivity index (χ2n) is 19.9. The zero-order valence-electron chi connectivity index (χ0n) is 41.8. The van der Waals surface area contributed by atoms with Crippen molar-refractivity contribution in [2.45, 2.75) is 116 Å². The zero-order chi connectivity index (χ0) is 49.1. The maximum atomic E-state index is 13.5. The number of hydrazone groups is 1. The second kappa shape index (κ2) is 20.2. The van der Waals surface area contributed by atoms with Gasteiger partial charge in [-0.25, -0.2) is 4.79 Å². The summed E-state index contributed by atoms with van der Waals surface area (Å²) in [6.45, 7) is 9.28. The van der Waals surface area contributed by atoms with Gasteiger partial charge in [0.05, 0.1) is 11.3 Å². The van der Waals surface area contributed by atoms with Crippen LogP contribution in [0.15, 0.2) is 174 Å². The Kier molecular flexibility index (Phi) is 13.5. The third kappa shape index (κ3) is 8.51. The van der Waals surface area contributed by atoms with Crippen molar-refractivity contribution in [2.75, 3.05) is 9.91 Å². The molecule has 358 valence electrons. The average molecular weight is 936 g/mol. The molecule has 0 atom stereocenters. The number of unbranched alkanes of at least 4 members (excludes halogenated alkanes) is 4. The number of carbonyl (C=O) groups excluding carboxylic acids is 1. The van der Waals surface area contributed by atoms with Crippen LogP contribution in [0.2, 0.25) is 0 Å². The molecule has 7 aromatic carbocycles. The van der Waals surface area contributed by atoms with Crippen molar-refractivity contribution >= 4 is 46.4 Å². The molecule has 1 N–H and O–H groups in total. The van der Waals surface area contributed by atoms with Gasteiger partial charge >= 0.3 is 5.97 Å². The molecule has 0 spiro atoms. The van der Waals surface area contributed by atoms with E-state index in [9.17, 15) is 14.7 Å². The number of nitrogens with zero attached hydrogens (tertiary/aromatic N) is 3. The summed E-state index contributed by atoms with van der Waals surface area (Å²) in [4.78, 5) is 28.3. The van der Waals surface area contributed by atoms with Crippen LogP contribution in [0.3, 0.4) is 0 Å². The minimum atomic E-state index is -1.25. The lowest BCUT2D eigenvalue weighted by molar-refractivity contribution is -0.129. The van der Waals surface area contributed by atoms with Crippen LogP contribution in [0.1, 0.15) is 133 Å². The topological polar surface area (TPSA) is 73.2 Å². The molecular weight excluding hydrogens is 871 g/mol. The van der Waals surface area contributed by atoms with Crippen molar-refractivity contribution in [3.8, 4) is 33.4 Å². The van der Waals surface area contributed by atoms with Gasteiger partial charge in [-0.3, -0.25) is 4.79 Å². The predicted molar refractivity (Wildman–Crippen MR) is 294 cm³/mol. The van der Waals surface area contributed by atoms with Crippen molar-refractivity contribution in [2.24, 2.45) is 5.10 Å². The van der Waals surface area contributed by atoms with Crippen LogP contribution in [0.25, 0.3) is 39.5 Å². The molecule has 0 radical (unpaired) electrons. The summed E-state index contributed by atoms with van der Waals surface area (Å²) in [6.07, 6.45) is 15.5. The first kappa shape index (κ1) is 47.4. The highest BCUT2D eigenvalue weighted by Gasteiger charge is 2.44. The largest absolute Gasteiger partial charge is 0.476 e. The first-order valence-corrected chi connectivity index (χ1v) is 26.2. The van der Waals surface area contributed by atoms with E-state index in [1.165, 1.54) is 81.6 Å². The van der Waals surface area contributed by atoms with Gasteiger partial charge in [-0.05, 0) is 141 Å². The van der Waals surface area contributed by atoms with Crippen molar-refractivity contribution in [1.29, 1.82) is 0 Å². The molecule has 1 amide bonds. The van der Waals surface area contributed by atoms with E-state index in [0.717, 1.165) is 73.2 Å². The van der Waals surface area contributed by atoms with E-state index in [1.807, 2.05) is 30.3 Å². The van der Waals surface area contributed by atoms with Gasteiger partial charge in [0.1, 0.15) is 0 Å².